The second kappa shape index (κ2) is 4.69. The van der Waals surface area contributed by atoms with Gasteiger partial charge in [-0.25, -0.2) is 4.39 Å². The lowest BCUT2D eigenvalue weighted by Crippen LogP contribution is -2.05. The van der Waals surface area contributed by atoms with Gasteiger partial charge in [0.1, 0.15) is 5.82 Å². The number of carbonyl (C=O) groups is 1. The van der Waals surface area contributed by atoms with E-state index in [2.05, 4.69) is 4.98 Å². The molecule has 0 saturated carbocycles. The van der Waals surface area contributed by atoms with Crippen molar-refractivity contribution < 1.29 is 9.18 Å². The van der Waals surface area contributed by atoms with Crippen LogP contribution in [0.3, 0.4) is 0 Å². The normalized spacial score (nSPS) is 10.1. The van der Waals surface area contributed by atoms with Gasteiger partial charge in [-0.15, -0.1) is 0 Å². The van der Waals surface area contributed by atoms with E-state index >= 15 is 0 Å². The van der Waals surface area contributed by atoms with Crippen LogP contribution in [-0.4, -0.2) is 10.8 Å². The van der Waals surface area contributed by atoms with Gasteiger partial charge in [-0.2, -0.15) is 0 Å². The van der Waals surface area contributed by atoms with Crippen LogP contribution in [0.25, 0.3) is 0 Å². The van der Waals surface area contributed by atoms with E-state index < -0.39 is 5.82 Å². The Kier molecular flexibility index (Phi) is 3.28. The van der Waals surface area contributed by atoms with Crippen LogP contribution in [-0.2, 0) is 0 Å². The zero-order valence-electron chi connectivity index (χ0n) is 8.15. The summed E-state index contributed by atoms with van der Waals surface area (Å²) in [6.45, 7) is 0. The fraction of sp³-hybridized carbons (Fsp3) is 0. The topological polar surface area (TPSA) is 30.0 Å². The van der Waals surface area contributed by atoms with Crippen LogP contribution in [0.15, 0.2) is 42.7 Å². The third-order valence-corrected chi connectivity index (χ3v) is 2.95. The maximum atomic E-state index is 13.7. The Morgan fingerprint density at radius 3 is 2.75 bits per heavy atom. The molecule has 0 aliphatic carbocycles. The van der Waals surface area contributed by atoms with Gasteiger partial charge in [0, 0.05) is 21.5 Å². The Hall–Kier alpha value is -1.30. The summed E-state index contributed by atoms with van der Waals surface area (Å²) in [7, 11) is 0. The average Bonchev–Trinajstić information content (AvgIpc) is 2.33. The highest BCUT2D eigenvalue weighted by atomic mass is 127. The summed E-state index contributed by atoms with van der Waals surface area (Å²) in [6, 6.07) is 8.03. The Morgan fingerprint density at radius 1 is 1.25 bits per heavy atom. The van der Waals surface area contributed by atoms with E-state index in [1.54, 1.807) is 30.5 Å². The Bertz CT molecular complexity index is 528. The maximum absolute atomic E-state index is 13.7. The zero-order chi connectivity index (χ0) is 11.5. The quantitative estimate of drug-likeness (QED) is 0.627. The molecule has 2 nitrogen and oxygen atoms in total. The molecule has 0 unspecified atom stereocenters. The summed E-state index contributed by atoms with van der Waals surface area (Å²) < 4.78 is 14.1. The molecule has 1 aromatic heterocycles. The SMILES string of the molecule is O=C(c1cccnc1)c1cccc(I)c1F. The van der Waals surface area contributed by atoms with Crippen LogP contribution in [0.4, 0.5) is 4.39 Å². The molecule has 0 amide bonds. The minimum atomic E-state index is -0.475. The van der Waals surface area contributed by atoms with Crippen LogP contribution in [0.2, 0.25) is 0 Å². The molecule has 2 aromatic rings. The molecular weight excluding hydrogens is 320 g/mol. The van der Waals surface area contributed by atoms with Gasteiger partial charge in [0.25, 0.3) is 0 Å². The first-order chi connectivity index (χ1) is 7.70. The van der Waals surface area contributed by atoms with Crippen molar-refractivity contribution in [3.8, 4) is 0 Å². The predicted octanol–water partition coefficient (Wildman–Crippen LogP) is 3.06. The highest BCUT2D eigenvalue weighted by molar-refractivity contribution is 14.1. The highest BCUT2D eigenvalue weighted by Gasteiger charge is 2.15. The molecule has 0 bridgehead atoms. The largest absolute Gasteiger partial charge is 0.288 e. The molecule has 16 heavy (non-hydrogen) atoms. The summed E-state index contributed by atoms with van der Waals surface area (Å²) in [5.41, 5.74) is 0.475. The van der Waals surface area contributed by atoms with E-state index in [9.17, 15) is 9.18 Å². The molecule has 0 aliphatic rings. The monoisotopic (exact) mass is 327 g/mol. The van der Waals surface area contributed by atoms with Crippen molar-refractivity contribution in [2.45, 2.75) is 0 Å². The van der Waals surface area contributed by atoms with Gasteiger partial charge in [-0.05, 0) is 46.9 Å². The van der Waals surface area contributed by atoms with Crippen LogP contribution in [0.5, 0.6) is 0 Å². The van der Waals surface area contributed by atoms with Gasteiger partial charge in [0.2, 0.25) is 0 Å². The fourth-order valence-electron chi connectivity index (χ4n) is 1.33. The summed E-state index contributed by atoms with van der Waals surface area (Å²) in [5.74, 6) is -0.818. The first-order valence-electron chi connectivity index (χ1n) is 4.59. The highest BCUT2D eigenvalue weighted by Crippen LogP contribution is 2.17. The van der Waals surface area contributed by atoms with Crippen molar-refractivity contribution in [2.75, 3.05) is 0 Å². The molecule has 0 radical (unpaired) electrons. The van der Waals surface area contributed by atoms with Gasteiger partial charge in [0.15, 0.2) is 5.78 Å². The molecule has 2 rings (SSSR count). The molecule has 0 spiro atoms. The van der Waals surface area contributed by atoms with Gasteiger partial charge >= 0.3 is 0 Å². The third kappa shape index (κ3) is 2.11. The Morgan fingerprint density at radius 2 is 2.06 bits per heavy atom. The first-order valence-corrected chi connectivity index (χ1v) is 5.67. The number of rotatable bonds is 2. The third-order valence-electron chi connectivity index (χ3n) is 2.12. The number of hydrogen-bond donors (Lipinski definition) is 0. The predicted molar refractivity (Wildman–Crippen MR) is 66.8 cm³/mol. The van der Waals surface area contributed by atoms with Crippen molar-refractivity contribution in [3.05, 3.63) is 63.2 Å². The number of benzene rings is 1. The van der Waals surface area contributed by atoms with E-state index in [1.807, 2.05) is 22.6 Å². The summed E-state index contributed by atoms with van der Waals surface area (Å²) in [5, 5.41) is 0. The van der Waals surface area contributed by atoms with Crippen molar-refractivity contribution >= 4 is 28.4 Å². The van der Waals surface area contributed by atoms with Gasteiger partial charge < -0.3 is 0 Å². The van der Waals surface area contributed by atoms with E-state index in [0.29, 0.717) is 9.13 Å². The number of hydrogen-bond acceptors (Lipinski definition) is 2. The number of pyridine rings is 1. The minimum absolute atomic E-state index is 0.0832. The molecule has 0 atom stereocenters. The van der Waals surface area contributed by atoms with E-state index in [0.717, 1.165) is 0 Å². The number of carbonyl (C=O) groups excluding carboxylic acids is 1. The first kappa shape index (κ1) is 11.2. The van der Waals surface area contributed by atoms with Crippen LogP contribution >= 0.6 is 22.6 Å². The second-order valence-corrected chi connectivity index (χ2v) is 4.33. The molecule has 80 valence electrons. The standard InChI is InChI=1S/C12H7FINO/c13-11-9(4-1-5-10(11)14)12(16)8-3-2-6-15-7-8/h1-7H. The average molecular weight is 327 g/mol. The van der Waals surface area contributed by atoms with Crippen LogP contribution < -0.4 is 0 Å². The zero-order valence-corrected chi connectivity index (χ0v) is 10.3. The Balaban J connectivity index is 2.46. The van der Waals surface area contributed by atoms with Crippen molar-refractivity contribution in [1.82, 2.24) is 4.98 Å². The lowest BCUT2D eigenvalue weighted by Gasteiger charge is -2.03. The van der Waals surface area contributed by atoms with E-state index in [-0.39, 0.29) is 11.3 Å². The van der Waals surface area contributed by atoms with Crippen LogP contribution in [0, 0.1) is 9.39 Å². The Labute approximate surface area is 106 Å². The summed E-state index contributed by atoms with van der Waals surface area (Å²) in [6.07, 6.45) is 3.00. The molecule has 1 aromatic carbocycles. The molecule has 0 aliphatic heterocycles. The lowest BCUT2D eigenvalue weighted by atomic mass is 10.0. The van der Waals surface area contributed by atoms with Gasteiger partial charge in [-0.3, -0.25) is 9.78 Å². The molecule has 0 saturated heterocycles. The van der Waals surface area contributed by atoms with E-state index in [4.69, 9.17) is 0 Å². The minimum Gasteiger partial charge on any atom is -0.288 e. The molecule has 4 heteroatoms. The summed E-state index contributed by atoms with van der Waals surface area (Å²) >= 11 is 1.86. The van der Waals surface area contributed by atoms with Crippen molar-refractivity contribution in [1.29, 1.82) is 0 Å². The molecule has 0 N–H and O–H groups in total. The number of nitrogens with zero attached hydrogens (tertiary/aromatic N) is 1. The molecule has 0 fully saturated rings. The van der Waals surface area contributed by atoms with E-state index in [1.165, 1.54) is 12.3 Å². The smallest absolute Gasteiger partial charge is 0.197 e. The number of aromatic nitrogens is 1. The fourth-order valence-corrected chi connectivity index (χ4v) is 1.83. The lowest BCUT2D eigenvalue weighted by molar-refractivity contribution is 0.103. The summed E-state index contributed by atoms with van der Waals surface area (Å²) in [4.78, 5) is 15.8. The number of halogens is 2. The molecule has 1 heterocycles. The number of ketones is 1. The maximum Gasteiger partial charge on any atom is 0.197 e. The van der Waals surface area contributed by atoms with Crippen molar-refractivity contribution in [2.24, 2.45) is 0 Å². The van der Waals surface area contributed by atoms with Gasteiger partial charge in [0.05, 0.1) is 5.56 Å². The van der Waals surface area contributed by atoms with Crippen LogP contribution in [0.1, 0.15) is 15.9 Å². The molecular formula is C12H7FINO. The van der Waals surface area contributed by atoms with Gasteiger partial charge in [-0.1, -0.05) is 6.07 Å². The van der Waals surface area contributed by atoms with Crippen molar-refractivity contribution in [3.63, 3.8) is 0 Å². The second-order valence-electron chi connectivity index (χ2n) is 3.17.